The fourth-order valence-electron chi connectivity index (χ4n) is 2.69. The molecular weight excluding hydrogens is 322 g/mol. The number of unbranched alkanes of at least 4 members (excludes halogenated alkanes) is 1. The van der Waals surface area contributed by atoms with Crippen LogP contribution in [0.5, 0.6) is 5.75 Å². The van der Waals surface area contributed by atoms with E-state index in [1.54, 1.807) is 12.1 Å². The second kappa shape index (κ2) is 7.37. The lowest BCUT2D eigenvalue weighted by Crippen LogP contribution is -2.07. The van der Waals surface area contributed by atoms with E-state index in [-0.39, 0.29) is 0 Å². The van der Waals surface area contributed by atoms with Gasteiger partial charge in [0.25, 0.3) is 0 Å². The van der Waals surface area contributed by atoms with Crippen LogP contribution in [-0.2, 0) is 13.2 Å². The van der Waals surface area contributed by atoms with Gasteiger partial charge in [-0.3, -0.25) is 0 Å². The maximum Gasteiger partial charge on any atom is 0.148 e. The monoisotopic (exact) mass is 339 g/mol. The summed E-state index contributed by atoms with van der Waals surface area (Å²) in [6, 6.07) is 15.6. The van der Waals surface area contributed by atoms with Crippen LogP contribution < -0.4 is 4.74 Å². The second-order valence-corrected chi connectivity index (χ2v) is 6.06. The van der Waals surface area contributed by atoms with Gasteiger partial charge in [0.15, 0.2) is 0 Å². The number of imidazole rings is 1. The highest BCUT2D eigenvalue weighted by molar-refractivity contribution is 6.30. The standard InChI is InChI=1S/C19H18ClN3O/c1-14-5-4-6-17-19(14)22-18(23(17)12-3-2-11-21)13-24-16-9-7-15(20)8-10-16/h4-10H,2-3,12-13H2,1H3. The average Bonchev–Trinajstić information content (AvgIpc) is 2.94. The summed E-state index contributed by atoms with van der Waals surface area (Å²) in [6.07, 6.45) is 1.33. The molecule has 0 radical (unpaired) electrons. The van der Waals surface area contributed by atoms with Gasteiger partial charge in [0.2, 0.25) is 0 Å². The fourth-order valence-corrected chi connectivity index (χ4v) is 2.82. The van der Waals surface area contributed by atoms with E-state index in [1.165, 1.54) is 0 Å². The molecule has 0 aliphatic heterocycles. The Labute approximate surface area is 146 Å². The van der Waals surface area contributed by atoms with E-state index < -0.39 is 0 Å². The van der Waals surface area contributed by atoms with Crippen LogP contribution in [0.25, 0.3) is 11.0 Å². The zero-order valence-electron chi connectivity index (χ0n) is 13.5. The number of fused-ring (bicyclic) bond motifs is 1. The molecule has 0 fully saturated rings. The first-order valence-electron chi connectivity index (χ1n) is 7.89. The zero-order valence-corrected chi connectivity index (χ0v) is 14.3. The van der Waals surface area contributed by atoms with Gasteiger partial charge in [-0.1, -0.05) is 23.7 Å². The van der Waals surface area contributed by atoms with E-state index in [4.69, 9.17) is 26.6 Å². The molecule has 122 valence electrons. The van der Waals surface area contributed by atoms with Gasteiger partial charge in [0, 0.05) is 18.0 Å². The SMILES string of the molecule is Cc1cccc2c1nc(COc1ccc(Cl)cc1)n2CCCC#N. The van der Waals surface area contributed by atoms with Crippen molar-refractivity contribution in [3.8, 4) is 11.8 Å². The first-order valence-corrected chi connectivity index (χ1v) is 8.27. The van der Waals surface area contributed by atoms with Gasteiger partial charge in [-0.15, -0.1) is 0 Å². The number of rotatable bonds is 6. The van der Waals surface area contributed by atoms with E-state index in [0.717, 1.165) is 41.1 Å². The van der Waals surface area contributed by atoms with Crippen LogP contribution in [-0.4, -0.2) is 9.55 Å². The van der Waals surface area contributed by atoms with E-state index in [9.17, 15) is 0 Å². The van der Waals surface area contributed by atoms with E-state index in [0.29, 0.717) is 18.1 Å². The first kappa shape index (κ1) is 16.4. The van der Waals surface area contributed by atoms with Crippen LogP contribution in [0.1, 0.15) is 24.2 Å². The van der Waals surface area contributed by atoms with Crippen LogP contribution >= 0.6 is 11.6 Å². The Morgan fingerprint density at radius 3 is 2.75 bits per heavy atom. The van der Waals surface area contributed by atoms with Crippen LogP contribution in [0.15, 0.2) is 42.5 Å². The highest BCUT2D eigenvalue weighted by Gasteiger charge is 2.12. The highest BCUT2D eigenvalue weighted by Crippen LogP contribution is 2.22. The van der Waals surface area contributed by atoms with Crippen molar-refractivity contribution in [2.24, 2.45) is 0 Å². The quantitative estimate of drug-likeness (QED) is 0.601. The number of aromatic nitrogens is 2. The molecule has 0 amide bonds. The van der Waals surface area contributed by atoms with Crippen molar-refractivity contribution in [1.29, 1.82) is 5.26 Å². The Kier molecular flexibility index (Phi) is 5.02. The molecule has 0 aliphatic carbocycles. The number of nitriles is 1. The number of hydrogen-bond donors (Lipinski definition) is 0. The van der Waals surface area contributed by atoms with Gasteiger partial charge in [0.1, 0.15) is 18.2 Å². The molecule has 0 unspecified atom stereocenters. The molecule has 3 rings (SSSR count). The summed E-state index contributed by atoms with van der Waals surface area (Å²) in [6.45, 7) is 3.19. The summed E-state index contributed by atoms with van der Waals surface area (Å²) in [7, 11) is 0. The lowest BCUT2D eigenvalue weighted by Gasteiger charge is -2.10. The maximum atomic E-state index is 8.79. The third kappa shape index (κ3) is 3.52. The molecule has 0 saturated carbocycles. The Hall–Kier alpha value is -2.51. The molecule has 0 N–H and O–H groups in total. The van der Waals surface area contributed by atoms with Crippen LogP contribution in [0.4, 0.5) is 0 Å². The Morgan fingerprint density at radius 2 is 2.00 bits per heavy atom. The van der Waals surface area contributed by atoms with Crippen LogP contribution in [0, 0.1) is 18.3 Å². The number of aryl methyl sites for hydroxylation is 2. The summed E-state index contributed by atoms with van der Waals surface area (Å²) in [5.41, 5.74) is 3.21. The van der Waals surface area contributed by atoms with Gasteiger partial charge < -0.3 is 9.30 Å². The molecule has 5 heteroatoms. The topological polar surface area (TPSA) is 50.8 Å². The van der Waals surface area contributed by atoms with Crippen molar-refractivity contribution >= 4 is 22.6 Å². The van der Waals surface area contributed by atoms with E-state index in [1.807, 2.05) is 18.2 Å². The predicted molar refractivity (Wildman–Crippen MR) is 95.1 cm³/mol. The van der Waals surface area contributed by atoms with Crippen LogP contribution in [0.2, 0.25) is 5.02 Å². The largest absolute Gasteiger partial charge is 0.486 e. The lowest BCUT2D eigenvalue weighted by atomic mass is 10.2. The molecule has 0 bridgehead atoms. The molecule has 3 aromatic rings. The molecule has 0 atom stereocenters. The smallest absolute Gasteiger partial charge is 0.148 e. The molecule has 0 saturated heterocycles. The van der Waals surface area contributed by atoms with Crippen molar-refractivity contribution in [2.75, 3.05) is 0 Å². The molecule has 2 aromatic carbocycles. The predicted octanol–water partition coefficient (Wildman–Crippen LogP) is 4.88. The number of nitrogens with zero attached hydrogens (tertiary/aromatic N) is 3. The minimum absolute atomic E-state index is 0.377. The minimum Gasteiger partial charge on any atom is -0.486 e. The van der Waals surface area contributed by atoms with E-state index in [2.05, 4.69) is 29.7 Å². The summed E-state index contributed by atoms with van der Waals surface area (Å²) in [5.74, 6) is 1.62. The molecule has 0 spiro atoms. The third-order valence-electron chi connectivity index (χ3n) is 3.91. The number of ether oxygens (including phenoxy) is 1. The molecule has 1 heterocycles. The Bertz CT molecular complexity index is 878. The van der Waals surface area contributed by atoms with Gasteiger partial charge in [0.05, 0.1) is 17.1 Å². The second-order valence-electron chi connectivity index (χ2n) is 5.63. The van der Waals surface area contributed by atoms with Crippen molar-refractivity contribution < 1.29 is 4.74 Å². The maximum absolute atomic E-state index is 8.79. The average molecular weight is 340 g/mol. The summed E-state index contributed by atoms with van der Waals surface area (Å²) >= 11 is 5.90. The lowest BCUT2D eigenvalue weighted by molar-refractivity contribution is 0.290. The number of hydrogen-bond acceptors (Lipinski definition) is 3. The summed E-state index contributed by atoms with van der Waals surface area (Å²) in [4.78, 5) is 4.75. The zero-order chi connectivity index (χ0) is 16.9. The summed E-state index contributed by atoms with van der Waals surface area (Å²) < 4.78 is 8.00. The number of halogens is 1. The number of para-hydroxylation sites is 1. The molecular formula is C19H18ClN3O. The van der Waals surface area contributed by atoms with Gasteiger partial charge in [-0.05, 0) is 49.2 Å². The van der Waals surface area contributed by atoms with Crippen molar-refractivity contribution in [3.05, 3.63) is 58.9 Å². The third-order valence-corrected chi connectivity index (χ3v) is 4.16. The van der Waals surface area contributed by atoms with Crippen molar-refractivity contribution in [2.45, 2.75) is 32.9 Å². The van der Waals surface area contributed by atoms with Crippen LogP contribution in [0.3, 0.4) is 0 Å². The van der Waals surface area contributed by atoms with Crippen molar-refractivity contribution in [3.63, 3.8) is 0 Å². The molecule has 0 aliphatic rings. The van der Waals surface area contributed by atoms with Crippen molar-refractivity contribution in [1.82, 2.24) is 9.55 Å². The first-order chi connectivity index (χ1) is 11.7. The minimum atomic E-state index is 0.377. The Balaban J connectivity index is 1.87. The van der Waals surface area contributed by atoms with Gasteiger partial charge in [-0.2, -0.15) is 5.26 Å². The fraction of sp³-hybridized carbons (Fsp3) is 0.263. The highest BCUT2D eigenvalue weighted by atomic mass is 35.5. The molecule has 24 heavy (non-hydrogen) atoms. The Morgan fingerprint density at radius 1 is 1.21 bits per heavy atom. The van der Waals surface area contributed by atoms with Gasteiger partial charge in [-0.25, -0.2) is 4.98 Å². The number of benzene rings is 2. The summed E-state index contributed by atoms with van der Waals surface area (Å²) in [5, 5.41) is 9.47. The van der Waals surface area contributed by atoms with Gasteiger partial charge >= 0.3 is 0 Å². The normalized spacial score (nSPS) is 10.7. The van der Waals surface area contributed by atoms with E-state index >= 15 is 0 Å². The molecule has 1 aromatic heterocycles. The molecule has 4 nitrogen and oxygen atoms in total.